The third kappa shape index (κ3) is 4.04. The lowest BCUT2D eigenvalue weighted by Gasteiger charge is -2.18. The first-order chi connectivity index (χ1) is 16.0. The van der Waals surface area contributed by atoms with Crippen LogP contribution in [0.5, 0.6) is 0 Å². The molecule has 168 valence electrons. The van der Waals surface area contributed by atoms with E-state index in [0.717, 1.165) is 22.3 Å². The third-order valence-corrected chi connectivity index (χ3v) is 6.02. The van der Waals surface area contributed by atoms with Crippen molar-refractivity contribution in [1.29, 1.82) is 0 Å². The van der Waals surface area contributed by atoms with Crippen molar-refractivity contribution in [2.45, 2.75) is 18.1 Å². The van der Waals surface area contributed by atoms with Gasteiger partial charge in [-0.25, -0.2) is 14.3 Å². The molecule has 2 heterocycles. The molecule has 8 nitrogen and oxygen atoms in total. The number of aliphatic hydroxyl groups excluding tert-OH is 2. The third-order valence-electron chi connectivity index (χ3n) is 5.82. The number of hydrogen-bond acceptors (Lipinski definition) is 6. The molecule has 5 rings (SSSR count). The van der Waals surface area contributed by atoms with Crippen molar-refractivity contribution in [3.05, 3.63) is 88.8 Å². The van der Waals surface area contributed by atoms with Gasteiger partial charge >= 0.3 is 6.09 Å². The number of nitrogens with one attached hydrogen (secondary N) is 1. The molecule has 2 aromatic carbocycles. The highest BCUT2D eigenvalue weighted by molar-refractivity contribution is 6.29. The number of benzene rings is 2. The van der Waals surface area contributed by atoms with E-state index in [9.17, 15) is 15.0 Å². The fourth-order valence-electron chi connectivity index (χ4n) is 4.22. The summed E-state index contributed by atoms with van der Waals surface area (Å²) in [5, 5.41) is 27.7. The quantitative estimate of drug-likeness (QED) is 0.404. The molecule has 0 saturated carbocycles. The Kier molecular flexibility index (Phi) is 5.72. The summed E-state index contributed by atoms with van der Waals surface area (Å²) in [4.78, 5) is 16.4. The van der Waals surface area contributed by atoms with Crippen molar-refractivity contribution in [3.8, 4) is 11.1 Å². The summed E-state index contributed by atoms with van der Waals surface area (Å²) in [6.45, 7) is -0.0557. The molecular formula is C24H21ClN4O4. The monoisotopic (exact) mass is 464 g/mol. The Morgan fingerprint density at radius 1 is 1.06 bits per heavy atom. The molecule has 0 fully saturated rings. The highest BCUT2D eigenvalue weighted by atomic mass is 35.5. The summed E-state index contributed by atoms with van der Waals surface area (Å²) in [5.74, 6) is -0.0624. The number of carbonyl (C=O) groups excluding carboxylic acids is 1. The van der Waals surface area contributed by atoms with Crippen LogP contribution in [0.1, 0.15) is 28.8 Å². The molecule has 0 bridgehead atoms. The maximum atomic E-state index is 12.3. The summed E-state index contributed by atoms with van der Waals surface area (Å²) in [7, 11) is 0. The average molecular weight is 465 g/mol. The number of carbonyl (C=O) groups is 1. The molecule has 0 aliphatic heterocycles. The molecule has 4 aromatic rings. The number of fused-ring (bicyclic) bond motifs is 4. The molecular weight excluding hydrogens is 444 g/mol. The molecule has 1 aliphatic carbocycles. The van der Waals surface area contributed by atoms with E-state index in [1.807, 2.05) is 36.4 Å². The van der Waals surface area contributed by atoms with Crippen LogP contribution >= 0.6 is 11.6 Å². The number of alkyl carbamates (subject to hydrolysis) is 1. The first kappa shape index (κ1) is 21.4. The first-order valence-corrected chi connectivity index (χ1v) is 10.9. The number of imidazole rings is 1. The van der Waals surface area contributed by atoms with E-state index in [1.54, 1.807) is 12.1 Å². The van der Waals surface area contributed by atoms with Gasteiger partial charge in [0.25, 0.3) is 0 Å². The Bertz CT molecular complexity index is 1280. The van der Waals surface area contributed by atoms with Gasteiger partial charge in [0.1, 0.15) is 24.0 Å². The number of aliphatic hydroxyl groups is 2. The minimum Gasteiger partial charge on any atom is -0.449 e. The molecule has 2 unspecified atom stereocenters. The molecule has 2 aromatic heterocycles. The number of nitrogens with zero attached hydrogens (tertiary/aromatic N) is 3. The number of amides is 1. The van der Waals surface area contributed by atoms with Gasteiger partial charge in [-0.1, -0.05) is 60.1 Å². The average Bonchev–Trinajstić information content (AvgIpc) is 3.39. The van der Waals surface area contributed by atoms with Crippen LogP contribution in [0.25, 0.3) is 16.8 Å². The Labute approximate surface area is 194 Å². The highest BCUT2D eigenvalue weighted by Crippen LogP contribution is 2.44. The first-order valence-electron chi connectivity index (χ1n) is 10.5. The van der Waals surface area contributed by atoms with Gasteiger partial charge in [0.15, 0.2) is 5.65 Å². The molecule has 0 spiro atoms. The van der Waals surface area contributed by atoms with Crippen LogP contribution in [0, 0.1) is 0 Å². The van der Waals surface area contributed by atoms with Crippen molar-refractivity contribution in [2.24, 2.45) is 0 Å². The van der Waals surface area contributed by atoms with Crippen LogP contribution in [0.4, 0.5) is 4.79 Å². The predicted molar refractivity (Wildman–Crippen MR) is 122 cm³/mol. The SMILES string of the molecule is O=C(NCC(O)C(O)c1cnc2ccc(Cl)nn12)OCC1c2ccccc2-c2ccccc21. The summed E-state index contributed by atoms with van der Waals surface area (Å²) in [6, 6.07) is 19.4. The van der Waals surface area contributed by atoms with Gasteiger partial charge < -0.3 is 20.3 Å². The van der Waals surface area contributed by atoms with Crippen LogP contribution in [0.2, 0.25) is 5.15 Å². The smallest absolute Gasteiger partial charge is 0.407 e. The minimum atomic E-state index is -1.33. The fraction of sp³-hybridized carbons (Fsp3) is 0.208. The molecule has 9 heteroatoms. The predicted octanol–water partition coefficient (Wildman–Crippen LogP) is 3.32. The zero-order valence-corrected chi connectivity index (χ0v) is 18.2. The van der Waals surface area contributed by atoms with E-state index in [2.05, 4.69) is 27.5 Å². The van der Waals surface area contributed by atoms with Crippen LogP contribution in [0.3, 0.4) is 0 Å². The van der Waals surface area contributed by atoms with Crippen molar-refractivity contribution < 1.29 is 19.7 Å². The Balaban J connectivity index is 1.20. The van der Waals surface area contributed by atoms with Crippen LogP contribution in [-0.4, -0.2) is 50.2 Å². The van der Waals surface area contributed by atoms with E-state index in [1.165, 1.54) is 10.7 Å². The summed E-state index contributed by atoms with van der Waals surface area (Å²) >= 11 is 5.91. The number of rotatable bonds is 6. The molecule has 2 atom stereocenters. The minimum absolute atomic E-state index is 0.0624. The molecule has 33 heavy (non-hydrogen) atoms. The van der Waals surface area contributed by atoms with Crippen molar-refractivity contribution in [1.82, 2.24) is 19.9 Å². The fourth-order valence-corrected chi connectivity index (χ4v) is 4.36. The Morgan fingerprint density at radius 2 is 1.73 bits per heavy atom. The van der Waals surface area contributed by atoms with Crippen LogP contribution < -0.4 is 5.32 Å². The topological polar surface area (TPSA) is 109 Å². The molecule has 1 aliphatic rings. The Hall–Kier alpha value is -3.46. The van der Waals surface area contributed by atoms with Gasteiger partial charge in [-0.05, 0) is 34.4 Å². The van der Waals surface area contributed by atoms with Gasteiger partial charge in [-0.3, -0.25) is 0 Å². The number of aromatic nitrogens is 3. The number of halogens is 1. The Morgan fingerprint density at radius 3 is 2.42 bits per heavy atom. The molecule has 0 saturated heterocycles. The molecule has 3 N–H and O–H groups in total. The molecule has 1 amide bonds. The lowest BCUT2D eigenvalue weighted by atomic mass is 9.98. The van der Waals surface area contributed by atoms with Gasteiger partial charge in [-0.2, -0.15) is 5.10 Å². The van der Waals surface area contributed by atoms with Crippen molar-refractivity contribution in [3.63, 3.8) is 0 Å². The number of ether oxygens (including phenoxy) is 1. The van der Waals surface area contributed by atoms with Crippen LogP contribution in [0.15, 0.2) is 66.9 Å². The summed E-state index contributed by atoms with van der Waals surface area (Å²) in [5.41, 5.74) is 5.24. The zero-order valence-electron chi connectivity index (χ0n) is 17.4. The van der Waals surface area contributed by atoms with Crippen LogP contribution in [-0.2, 0) is 4.74 Å². The highest BCUT2D eigenvalue weighted by Gasteiger charge is 2.29. The summed E-state index contributed by atoms with van der Waals surface area (Å²) in [6.07, 6.45) is -1.91. The second kappa shape index (κ2) is 8.82. The van der Waals surface area contributed by atoms with E-state index < -0.39 is 18.3 Å². The van der Waals surface area contributed by atoms with E-state index >= 15 is 0 Å². The second-order valence-electron chi connectivity index (χ2n) is 7.83. The van der Waals surface area contributed by atoms with Gasteiger partial charge in [-0.15, -0.1) is 0 Å². The second-order valence-corrected chi connectivity index (χ2v) is 8.22. The number of hydrogen-bond donors (Lipinski definition) is 3. The standard InChI is InChI=1S/C24H21ClN4O4/c25-21-9-10-22-26-11-19(29(22)28-21)23(31)20(30)12-27-24(32)33-13-18-16-7-3-1-5-14(16)15-6-2-4-8-17(15)18/h1-11,18,20,23,30-31H,12-13H2,(H,27,32). The zero-order chi connectivity index (χ0) is 22.9. The van der Waals surface area contributed by atoms with E-state index in [-0.39, 0.29) is 29.9 Å². The maximum absolute atomic E-state index is 12.3. The lowest BCUT2D eigenvalue weighted by molar-refractivity contribution is 0.0150. The van der Waals surface area contributed by atoms with E-state index in [4.69, 9.17) is 16.3 Å². The maximum Gasteiger partial charge on any atom is 0.407 e. The summed E-state index contributed by atoms with van der Waals surface area (Å²) < 4.78 is 6.81. The van der Waals surface area contributed by atoms with Gasteiger partial charge in [0, 0.05) is 12.5 Å². The van der Waals surface area contributed by atoms with Crippen molar-refractivity contribution in [2.75, 3.05) is 13.2 Å². The van der Waals surface area contributed by atoms with Gasteiger partial charge in [0.2, 0.25) is 0 Å². The lowest BCUT2D eigenvalue weighted by Crippen LogP contribution is -2.36. The van der Waals surface area contributed by atoms with Crippen molar-refractivity contribution >= 4 is 23.3 Å². The largest absolute Gasteiger partial charge is 0.449 e. The normalized spacial score (nSPS) is 14.5. The molecule has 0 radical (unpaired) electrons. The van der Waals surface area contributed by atoms with E-state index in [0.29, 0.717) is 5.65 Å². The van der Waals surface area contributed by atoms with Gasteiger partial charge in [0.05, 0.1) is 11.9 Å².